The van der Waals surface area contributed by atoms with Gasteiger partial charge in [0.05, 0.1) is 18.7 Å². The summed E-state index contributed by atoms with van der Waals surface area (Å²) < 4.78 is 12.7. The third-order valence-corrected chi connectivity index (χ3v) is 5.86. The van der Waals surface area contributed by atoms with E-state index in [1.807, 2.05) is 53.9 Å². The molecule has 0 saturated carbocycles. The lowest BCUT2D eigenvalue weighted by atomic mass is 10.2. The molecule has 2 heterocycles. The van der Waals surface area contributed by atoms with Crippen molar-refractivity contribution in [2.24, 2.45) is 0 Å². The van der Waals surface area contributed by atoms with Crippen molar-refractivity contribution in [3.05, 3.63) is 64.1 Å². The van der Waals surface area contributed by atoms with Crippen LogP contribution in [0, 0.1) is 0 Å². The first-order valence-corrected chi connectivity index (χ1v) is 10.6. The number of nitrogens with zero attached hydrogens (tertiary/aromatic N) is 2. The Morgan fingerprint density at radius 1 is 1.25 bits per heavy atom. The number of carbonyl (C=O) groups excluding carboxylic acids is 1. The first kappa shape index (κ1) is 19.0. The van der Waals surface area contributed by atoms with Crippen molar-refractivity contribution >= 4 is 33.2 Å². The maximum Gasteiger partial charge on any atom is 0.228 e. The molecule has 0 saturated heterocycles. The summed E-state index contributed by atoms with van der Waals surface area (Å²) in [5.41, 5.74) is 1.82. The fourth-order valence-corrected chi connectivity index (χ4v) is 4.21. The number of ether oxygens (including phenoxy) is 2. The maximum atomic E-state index is 12.6. The van der Waals surface area contributed by atoms with Crippen LogP contribution >= 0.6 is 27.3 Å². The molecule has 1 aliphatic rings. The highest BCUT2D eigenvalue weighted by Gasteiger charge is 2.24. The molecule has 144 valence electrons. The second-order valence-electron chi connectivity index (χ2n) is 6.60. The molecule has 0 spiro atoms. The minimum atomic E-state index is -0.184. The number of carbonyl (C=O) groups is 1. The van der Waals surface area contributed by atoms with Gasteiger partial charge >= 0.3 is 0 Å². The third-order valence-electron chi connectivity index (χ3n) is 4.43. The van der Waals surface area contributed by atoms with Crippen LogP contribution in [0.5, 0.6) is 11.5 Å². The number of thiazole rings is 1. The minimum absolute atomic E-state index is 0.00792. The third kappa shape index (κ3) is 4.36. The van der Waals surface area contributed by atoms with E-state index in [4.69, 9.17) is 9.47 Å². The maximum absolute atomic E-state index is 12.6. The van der Waals surface area contributed by atoms with Crippen molar-refractivity contribution in [3.8, 4) is 22.1 Å². The molecule has 4 rings (SSSR count). The van der Waals surface area contributed by atoms with Crippen molar-refractivity contribution in [2.75, 3.05) is 20.2 Å². The van der Waals surface area contributed by atoms with Gasteiger partial charge in [-0.2, -0.15) is 0 Å². The van der Waals surface area contributed by atoms with E-state index in [2.05, 4.69) is 20.9 Å². The number of aromatic nitrogens is 1. The van der Waals surface area contributed by atoms with Gasteiger partial charge in [-0.25, -0.2) is 4.98 Å². The zero-order valence-electron chi connectivity index (χ0n) is 15.3. The van der Waals surface area contributed by atoms with Crippen molar-refractivity contribution in [3.63, 3.8) is 0 Å². The lowest BCUT2D eigenvalue weighted by Crippen LogP contribution is -2.42. The first-order valence-electron chi connectivity index (χ1n) is 8.91. The average Bonchev–Trinajstić information content (AvgIpc) is 3.16. The second-order valence-corrected chi connectivity index (χ2v) is 8.38. The molecule has 1 atom stereocenters. The molecule has 3 aromatic rings. The lowest BCUT2D eigenvalue weighted by molar-refractivity contribution is -0.130. The molecular weight excluding hydrogens is 440 g/mol. The Balaban J connectivity index is 1.35. The van der Waals surface area contributed by atoms with E-state index in [0.717, 1.165) is 32.2 Å². The van der Waals surface area contributed by atoms with Crippen LogP contribution in [-0.4, -0.2) is 42.1 Å². The van der Waals surface area contributed by atoms with Crippen molar-refractivity contribution in [1.82, 2.24) is 9.88 Å². The van der Waals surface area contributed by atoms with E-state index in [1.54, 1.807) is 23.3 Å². The largest absolute Gasteiger partial charge is 0.486 e. The monoisotopic (exact) mass is 458 g/mol. The average molecular weight is 459 g/mol. The van der Waals surface area contributed by atoms with E-state index in [1.165, 1.54) is 0 Å². The van der Waals surface area contributed by atoms with Gasteiger partial charge in [0.15, 0.2) is 17.6 Å². The van der Waals surface area contributed by atoms with Crippen LogP contribution in [0.4, 0.5) is 0 Å². The number of likely N-dealkylation sites (N-methyl/N-ethyl adjacent to an activating group) is 1. The Morgan fingerprint density at radius 3 is 2.89 bits per heavy atom. The summed E-state index contributed by atoms with van der Waals surface area (Å²) in [6, 6.07) is 15.6. The van der Waals surface area contributed by atoms with Gasteiger partial charge in [-0.15, -0.1) is 11.3 Å². The number of para-hydroxylation sites is 2. The van der Waals surface area contributed by atoms with Crippen LogP contribution in [0.2, 0.25) is 0 Å². The SMILES string of the molecule is CN(CC1COc2ccccc2O1)C(=O)Cc1csc(-c2cccc(Br)c2)n1. The molecule has 5 nitrogen and oxygen atoms in total. The van der Waals surface area contributed by atoms with Crippen LogP contribution in [-0.2, 0) is 11.2 Å². The van der Waals surface area contributed by atoms with E-state index < -0.39 is 0 Å². The predicted octanol–water partition coefficient (Wildman–Crippen LogP) is 4.41. The Morgan fingerprint density at radius 2 is 2.07 bits per heavy atom. The van der Waals surface area contributed by atoms with Gasteiger partial charge < -0.3 is 14.4 Å². The molecule has 0 aliphatic carbocycles. The number of amides is 1. The number of hydrogen-bond donors (Lipinski definition) is 0. The molecular formula is C21H19BrN2O3S. The summed E-state index contributed by atoms with van der Waals surface area (Å²) in [5.74, 6) is 1.47. The van der Waals surface area contributed by atoms with Gasteiger partial charge in [-0.3, -0.25) is 4.79 Å². The summed E-state index contributed by atoms with van der Waals surface area (Å²) in [4.78, 5) is 18.9. The fourth-order valence-electron chi connectivity index (χ4n) is 2.99. The molecule has 1 aliphatic heterocycles. The smallest absolute Gasteiger partial charge is 0.228 e. The predicted molar refractivity (Wildman–Crippen MR) is 113 cm³/mol. The molecule has 0 bridgehead atoms. The summed E-state index contributed by atoms with van der Waals surface area (Å²) in [6.07, 6.45) is 0.0852. The topological polar surface area (TPSA) is 51.7 Å². The number of fused-ring (bicyclic) bond motifs is 1. The standard InChI is InChI=1S/C21H19BrN2O3S/c1-24(11-17-12-26-18-7-2-3-8-19(18)27-17)20(25)10-16-13-28-21(23-16)14-5-4-6-15(22)9-14/h2-9,13,17H,10-12H2,1H3. The molecule has 2 aromatic carbocycles. The first-order chi connectivity index (χ1) is 13.6. The Kier molecular flexibility index (Phi) is 5.64. The molecule has 7 heteroatoms. The van der Waals surface area contributed by atoms with Crippen molar-refractivity contribution in [1.29, 1.82) is 0 Å². The van der Waals surface area contributed by atoms with Crippen LogP contribution in [0.1, 0.15) is 5.69 Å². The quantitative estimate of drug-likeness (QED) is 0.567. The molecule has 1 aromatic heterocycles. The Labute approximate surface area is 176 Å². The van der Waals surface area contributed by atoms with Gasteiger partial charge in [0.25, 0.3) is 0 Å². The van der Waals surface area contributed by atoms with Crippen molar-refractivity contribution in [2.45, 2.75) is 12.5 Å². The number of rotatable bonds is 5. The summed E-state index contributed by atoms with van der Waals surface area (Å²) in [6.45, 7) is 0.897. The van der Waals surface area contributed by atoms with E-state index in [-0.39, 0.29) is 18.4 Å². The van der Waals surface area contributed by atoms with Gasteiger partial charge in [0.2, 0.25) is 5.91 Å². The minimum Gasteiger partial charge on any atom is -0.486 e. The molecule has 0 N–H and O–H groups in total. The molecule has 0 radical (unpaired) electrons. The fraction of sp³-hybridized carbons (Fsp3) is 0.238. The van der Waals surface area contributed by atoms with Crippen molar-refractivity contribution < 1.29 is 14.3 Å². The van der Waals surface area contributed by atoms with Gasteiger partial charge in [0, 0.05) is 22.5 Å². The highest BCUT2D eigenvalue weighted by molar-refractivity contribution is 9.10. The summed E-state index contributed by atoms with van der Waals surface area (Å²) in [7, 11) is 1.79. The zero-order chi connectivity index (χ0) is 19.5. The van der Waals surface area contributed by atoms with Crippen LogP contribution in [0.15, 0.2) is 58.4 Å². The van der Waals surface area contributed by atoms with Gasteiger partial charge in [-0.05, 0) is 24.3 Å². The summed E-state index contributed by atoms with van der Waals surface area (Å²) >= 11 is 5.02. The molecule has 1 unspecified atom stereocenters. The Hall–Kier alpha value is -2.38. The highest BCUT2D eigenvalue weighted by Crippen LogP contribution is 2.31. The number of hydrogen-bond acceptors (Lipinski definition) is 5. The number of benzene rings is 2. The van der Waals surface area contributed by atoms with E-state index in [0.29, 0.717) is 13.2 Å². The van der Waals surface area contributed by atoms with E-state index in [9.17, 15) is 4.79 Å². The van der Waals surface area contributed by atoms with Crippen LogP contribution < -0.4 is 9.47 Å². The normalized spacial score (nSPS) is 15.3. The second kappa shape index (κ2) is 8.32. The number of halogens is 1. The van der Waals surface area contributed by atoms with Gasteiger partial charge in [0.1, 0.15) is 11.6 Å². The Bertz CT molecular complexity index is 991. The van der Waals surface area contributed by atoms with Crippen LogP contribution in [0.25, 0.3) is 10.6 Å². The zero-order valence-corrected chi connectivity index (χ0v) is 17.7. The molecule has 0 fully saturated rings. The highest BCUT2D eigenvalue weighted by atomic mass is 79.9. The molecule has 28 heavy (non-hydrogen) atoms. The van der Waals surface area contributed by atoms with Crippen LogP contribution in [0.3, 0.4) is 0 Å². The molecule has 1 amide bonds. The van der Waals surface area contributed by atoms with Gasteiger partial charge in [-0.1, -0.05) is 40.2 Å². The van der Waals surface area contributed by atoms with E-state index >= 15 is 0 Å². The lowest BCUT2D eigenvalue weighted by Gasteiger charge is -2.29. The summed E-state index contributed by atoms with van der Waals surface area (Å²) in [5, 5.41) is 2.85.